The zero-order valence-electron chi connectivity index (χ0n) is 10.6. The number of rotatable bonds is 4. The summed E-state index contributed by atoms with van der Waals surface area (Å²) in [7, 11) is 1.52. The van der Waals surface area contributed by atoms with E-state index in [0.29, 0.717) is 30.1 Å². The van der Waals surface area contributed by atoms with Gasteiger partial charge in [-0.3, -0.25) is 0 Å². The van der Waals surface area contributed by atoms with E-state index >= 15 is 0 Å². The topological polar surface area (TPSA) is 64.3 Å². The van der Waals surface area contributed by atoms with Crippen molar-refractivity contribution in [1.29, 1.82) is 0 Å². The van der Waals surface area contributed by atoms with Crippen molar-refractivity contribution >= 4 is 0 Å². The molecule has 1 saturated heterocycles. The van der Waals surface area contributed by atoms with Crippen molar-refractivity contribution < 1.29 is 18.9 Å². The number of benzene rings is 1. The first kappa shape index (κ1) is 13.6. The molecule has 1 aromatic rings. The van der Waals surface area contributed by atoms with Crippen molar-refractivity contribution in [3.63, 3.8) is 0 Å². The highest BCUT2D eigenvalue weighted by atomic mass is 16.7. The van der Waals surface area contributed by atoms with E-state index < -0.39 is 6.29 Å². The van der Waals surface area contributed by atoms with Gasteiger partial charge in [0.1, 0.15) is 5.75 Å². The minimum atomic E-state index is -0.524. The van der Waals surface area contributed by atoms with E-state index in [1.807, 2.05) is 0 Å². The summed E-state index contributed by atoms with van der Waals surface area (Å²) in [6.45, 7) is 1.30. The molecule has 1 aromatic carbocycles. The summed E-state index contributed by atoms with van der Waals surface area (Å²) >= 11 is 0. The quantitative estimate of drug-likeness (QED) is 0.617. The Labute approximate surface area is 111 Å². The summed E-state index contributed by atoms with van der Waals surface area (Å²) in [6.07, 6.45) is 0.328. The molecule has 0 radical (unpaired) electrons. The Kier molecular flexibility index (Phi) is 4.98. The molecule has 1 aliphatic heterocycles. The van der Waals surface area contributed by atoms with Crippen LogP contribution in [0.25, 0.3) is 5.01 Å². The second kappa shape index (κ2) is 6.95. The third-order valence-corrected chi connectivity index (χ3v) is 2.63. The molecule has 0 saturated carbocycles. The van der Waals surface area contributed by atoms with Gasteiger partial charge in [0.05, 0.1) is 13.2 Å². The zero-order chi connectivity index (χ0) is 13.5. The standard InChI is InChI=1S/C13H15NO5/c1-16-9-19-12-5-2-4-10(11(12)8-14-15)13-17-6-3-7-18-13/h2,4-5,13H,3,6-7,9H2,1H3. The van der Waals surface area contributed by atoms with Crippen molar-refractivity contribution in [2.75, 3.05) is 27.1 Å². The summed E-state index contributed by atoms with van der Waals surface area (Å²) < 4.78 is 21.3. The van der Waals surface area contributed by atoms with Gasteiger partial charge >= 0.3 is 6.07 Å². The number of ether oxygens (including phenoxy) is 4. The first-order chi connectivity index (χ1) is 9.36. The molecule has 102 valence electrons. The summed E-state index contributed by atoms with van der Waals surface area (Å²) in [5.41, 5.74) is 1.11. The molecule has 0 unspecified atom stereocenters. The van der Waals surface area contributed by atoms with Crippen LogP contribution in [-0.2, 0) is 14.2 Å². The van der Waals surface area contributed by atoms with Crippen LogP contribution in [0.15, 0.2) is 18.2 Å². The minimum absolute atomic E-state index is 0.0728. The van der Waals surface area contributed by atoms with Gasteiger partial charge in [-0.05, 0) is 12.5 Å². The Morgan fingerprint density at radius 2 is 2.21 bits per heavy atom. The normalized spacial score (nSPS) is 15.6. The Bertz CT molecular complexity index is 474. The van der Waals surface area contributed by atoms with Crippen molar-refractivity contribution in [3.8, 4) is 11.8 Å². The Hall–Kier alpha value is -1.81. The average molecular weight is 265 g/mol. The molecule has 2 rings (SSSR count). The molecule has 6 nitrogen and oxygen atoms in total. The smallest absolute Gasteiger partial charge is 0.341 e. The predicted molar refractivity (Wildman–Crippen MR) is 67.9 cm³/mol. The molecular weight excluding hydrogens is 250 g/mol. The number of nitrogens with zero attached hydrogens (tertiary/aromatic N) is 1. The van der Waals surface area contributed by atoms with Crippen molar-refractivity contribution in [1.82, 2.24) is 0 Å². The fourth-order valence-corrected chi connectivity index (χ4v) is 1.82. The van der Waals surface area contributed by atoms with Crippen molar-refractivity contribution in [2.45, 2.75) is 12.7 Å². The maximum Gasteiger partial charge on any atom is 0.341 e. The van der Waals surface area contributed by atoms with E-state index in [-0.39, 0.29) is 6.79 Å². The number of hydrogen-bond donors (Lipinski definition) is 0. The van der Waals surface area contributed by atoms with Crippen LogP contribution in [-0.4, -0.2) is 27.1 Å². The second-order valence-electron chi connectivity index (χ2n) is 3.90. The van der Waals surface area contributed by atoms with Crippen LogP contribution in [0.3, 0.4) is 0 Å². The van der Waals surface area contributed by atoms with E-state index in [0.717, 1.165) is 6.42 Å². The highest BCUT2D eigenvalue weighted by molar-refractivity contribution is 5.51. The van der Waals surface area contributed by atoms with Crippen LogP contribution >= 0.6 is 0 Å². The lowest BCUT2D eigenvalue weighted by Gasteiger charge is -2.24. The fourth-order valence-electron chi connectivity index (χ4n) is 1.82. The average Bonchev–Trinajstić information content (AvgIpc) is 2.47. The van der Waals surface area contributed by atoms with Crippen LogP contribution in [0.5, 0.6) is 5.75 Å². The Morgan fingerprint density at radius 3 is 2.89 bits per heavy atom. The van der Waals surface area contributed by atoms with Crippen molar-refractivity contribution in [2.24, 2.45) is 0 Å². The van der Waals surface area contributed by atoms with E-state index in [4.69, 9.17) is 18.9 Å². The van der Waals surface area contributed by atoms with Gasteiger partial charge in [0.25, 0.3) is 0 Å². The van der Waals surface area contributed by atoms with E-state index in [9.17, 15) is 5.21 Å². The summed E-state index contributed by atoms with van der Waals surface area (Å²) in [4.78, 5) is 0. The minimum Gasteiger partial charge on any atom is -0.498 e. The van der Waals surface area contributed by atoms with Gasteiger partial charge in [0.2, 0.25) is 0 Å². The molecule has 0 spiro atoms. The molecule has 0 N–H and O–H groups in total. The monoisotopic (exact) mass is 265 g/mol. The number of methoxy groups -OCH3 is 1. The first-order valence-electron chi connectivity index (χ1n) is 5.93. The molecule has 1 aliphatic rings. The van der Waals surface area contributed by atoms with Crippen LogP contribution in [0, 0.1) is 11.3 Å². The van der Waals surface area contributed by atoms with Gasteiger partial charge in [-0.2, -0.15) is 0 Å². The predicted octanol–water partition coefficient (Wildman–Crippen LogP) is 2.28. The third kappa shape index (κ3) is 3.35. The summed E-state index contributed by atoms with van der Waals surface area (Å²) in [6, 6.07) is 7.67. The highest BCUT2D eigenvalue weighted by Gasteiger charge is 2.24. The fraction of sp³-hybridized carbons (Fsp3) is 0.462. The Balaban J connectivity index is 2.31. The van der Waals surface area contributed by atoms with Gasteiger partial charge in [-0.15, -0.1) is 0 Å². The van der Waals surface area contributed by atoms with Gasteiger partial charge in [0, 0.05) is 17.7 Å². The molecular formula is C13H15NO5. The van der Waals surface area contributed by atoms with Crippen LogP contribution in [0.4, 0.5) is 0 Å². The summed E-state index contributed by atoms with van der Waals surface area (Å²) in [5, 5.41) is 13.2. The highest BCUT2D eigenvalue weighted by Crippen LogP contribution is 2.31. The molecule has 6 heteroatoms. The van der Waals surface area contributed by atoms with Crippen molar-refractivity contribution in [3.05, 3.63) is 39.5 Å². The lowest BCUT2D eigenvalue weighted by molar-refractivity contribution is -0.183. The lowest BCUT2D eigenvalue weighted by Crippen LogP contribution is -2.19. The van der Waals surface area contributed by atoms with Gasteiger partial charge < -0.3 is 24.2 Å². The third-order valence-electron chi connectivity index (χ3n) is 2.63. The van der Waals surface area contributed by atoms with E-state index in [2.05, 4.69) is 11.1 Å². The molecule has 0 amide bonds. The maximum atomic E-state index is 10.5. The van der Waals surface area contributed by atoms with Gasteiger partial charge in [-0.25, -0.2) is 0 Å². The molecule has 0 aromatic heterocycles. The lowest BCUT2D eigenvalue weighted by atomic mass is 10.1. The van der Waals surface area contributed by atoms with Gasteiger partial charge in [0.15, 0.2) is 18.6 Å². The SMILES string of the molecule is COCOc1cccc(C2OCCCO2)c1C#[N+][O-]. The van der Waals surface area contributed by atoms with Crippen LogP contribution in [0.2, 0.25) is 0 Å². The molecule has 0 atom stereocenters. The largest absolute Gasteiger partial charge is 0.498 e. The number of hydrogen-bond acceptors (Lipinski definition) is 5. The van der Waals surface area contributed by atoms with E-state index in [1.165, 1.54) is 7.11 Å². The van der Waals surface area contributed by atoms with Gasteiger partial charge in [-0.1, -0.05) is 12.1 Å². The molecule has 19 heavy (non-hydrogen) atoms. The molecule has 0 aliphatic carbocycles. The Morgan fingerprint density at radius 1 is 1.42 bits per heavy atom. The second-order valence-corrected chi connectivity index (χ2v) is 3.90. The first-order valence-corrected chi connectivity index (χ1v) is 5.93. The molecule has 0 bridgehead atoms. The maximum absolute atomic E-state index is 10.5. The zero-order valence-corrected chi connectivity index (χ0v) is 10.6. The van der Waals surface area contributed by atoms with E-state index in [1.54, 1.807) is 18.2 Å². The molecule has 1 heterocycles. The molecule has 1 fully saturated rings. The summed E-state index contributed by atoms with van der Waals surface area (Å²) in [5.74, 6) is 0.455. The van der Waals surface area contributed by atoms with Crippen LogP contribution < -0.4 is 4.74 Å². The van der Waals surface area contributed by atoms with Crippen LogP contribution in [0.1, 0.15) is 23.8 Å².